The van der Waals surface area contributed by atoms with E-state index in [-0.39, 0.29) is 6.42 Å². The first-order valence-electron chi connectivity index (χ1n) is 6.64. The smallest absolute Gasteiger partial charge is 0.255 e. The first-order chi connectivity index (χ1) is 9.49. The van der Waals surface area contributed by atoms with Gasteiger partial charge in [-0.1, -0.05) is 17.7 Å². The van der Waals surface area contributed by atoms with Crippen LogP contribution in [-0.4, -0.2) is 31.2 Å². The minimum atomic E-state index is -3.67. The summed E-state index contributed by atoms with van der Waals surface area (Å²) in [5.74, 6) is -1.13. The maximum absolute atomic E-state index is 12.6. The van der Waals surface area contributed by atoms with Crippen molar-refractivity contribution in [3.05, 3.63) is 28.8 Å². The first kappa shape index (κ1) is 15.7. The predicted octanol–water partition coefficient (Wildman–Crippen LogP) is 1.68. The van der Waals surface area contributed by atoms with E-state index in [9.17, 15) is 18.0 Å². The summed E-state index contributed by atoms with van der Waals surface area (Å²) < 4.78 is 22.2. The van der Waals surface area contributed by atoms with Gasteiger partial charge in [-0.25, -0.2) is 13.3 Å². The van der Waals surface area contributed by atoms with Crippen LogP contribution in [0.5, 0.6) is 0 Å². The van der Waals surface area contributed by atoms with E-state index in [1.807, 2.05) is 32.9 Å². The number of amides is 2. The second-order valence-electron chi connectivity index (χ2n) is 5.96. The fraction of sp³-hybridized carbons (Fsp3) is 0.467. The van der Waals surface area contributed by atoms with Crippen LogP contribution in [0.15, 0.2) is 12.1 Å². The van der Waals surface area contributed by atoms with Crippen LogP contribution >= 0.6 is 0 Å². The molecular weight excluding hydrogens is 290 g/mol. The van der Waals surface area contributed by atoms with Crippen molar-refractivity contribution < 1.29 is 18.0 Å². The predicted molar refractivity (Wildman–Crippen MR) is 81.0 cm³/mol. The van der Waals surface area contributed by atoms with E-state index < -0.39 is 26.4 Å². The molecule has 1 aliphatic heterocycles. The normalized spacial score (nSPS) is 23.0. The number of carbonyl (C=O) groups is 2. The Kier molecular flexibility index (Phi) is 3.48. The molecule has 2 rings (SSSR count). The Morgan fingerprint density at radius 3 is 1.95 bits per heavy atom. The van der Waals surface area contributed by atoms with Crippen molar-refractivity contribution in [1.82, 2.24) is 0 Å². The van der Waals surface area contributed by atoms with Crippen LogP contribution in [0.3, 0.4) is 0 Å². The highest BCUT2D eigenvalue weighted by molar-refractivity contribution is 7.93. The van der Waals surface area contributed by atoms with Gasteiger partial charge in [0.1, 0.15) is 0 Å². The number of hydrogen-bond donors (Lipinski definition) is 0. The van der Waals surface area contributed by atoms with Crippen LogP contribution in [0.4, 0.5) is 5.69 Å². The molecule has 2 amide bonds. The van der Waals surface area contributed by atoms with Crippen molar-refractivity contribution in [2.75, 3.05) is 11.2 Å². The van der Waals surface area contributed by atoms with Gasteiger partial charge in [0.25, 0.3) is 5.91 Å². The van der Waals surface area contributed by atoms with E-state index in [0.29, 0.717) is 5.69 Å². The second-order valence-corrected chi connectivity index (χ2v) is 8.41. The standard InChI is InChI=1S/C15H19NO4S/c1-9-6-10(2)13(11(3)7-9)16-12(17)8-15(4,14(16)18)21(5,19)20/h6-7H,8H2,1-5H3. The zero-order chi connectivity index (χ0) is 16.2. The maximum Gasteiger partial charge on any atom is 0.255 e. The number of hydrogen-bond acceptors (Lipinski definition) is 4. The lowest BCUT2D eigenvalue weighted by atomic mass is 10.0. The number of carbonyl (C=O) groups excluding carboxylic acids is 2. The fourth-order valence-electron chi connectivity index (χ4n) is 2.83. The minimum Gasteiger partial charge on any atom is -0.274 e. The molecule has 0 spiro atoms. The first-order valence-corrected chi connectivity index (χ1v) is 8.53. The Morgan fingerprint density at radius 2 is 1.57 bits per heavy atom. The molecule has 0 aromatic heterocycles. The third-order valence-corrected chi connectivity index (χ3v) is 6.03. The Hall–Kier alpha value is -1.69. The average Bonchev–Trinajstić information content (AvgIpc) is 2.51. The highest BCUT2D eigenvalue weighted by Gasteiger charge is 2.56. The van der Waals surface area contributed by atoms with Gasteiger partial charge in [0.05, 0.1) is 12.1 Å². The molecular formula is C15H19NO4S. The molecule has 1 unspecified atom stereocenters. The van der Waals surface area contributed by atoms with E-state index >= 15 is 0 Å². The molecule has 0 saturated carbocycles. The topological polar surface area (TPSA) is 71.5 Å². The number of benzene rings is 1. The van der Waals surface area contributed by atoms with Crippen molar-refractivity contribution in [1.29, 1.82) is 0 Å². The van der Waals surface area contributed by atoms with E-state index in [0.717, 1.165) is 27.8 Å². The van der Waals surface area contributed by atoms with Crippen molar-refractivity contribution in [3.63, 3.8) is 0 Å². The quantitative estimate of drug-likeness (QED) is 0.779. The Morgan fingerprint density at radius 1 is 1.10 bits per heavy atom. The number of aryl methyl sites for hydroxylation is 3. The highest BCUT2D eigenvalue weighted by Crippen LogP contribution is 2.37. The van der Waals surface area contributed by atoms with Gasteiger partial charge in [-0.3, -0.25) is 9.59 Å². The van der Waals surface area contributed by atoms with Crippen LogP contribution in [0.25, 0.3) is 0 Å². The van der Waals surface area contributed by atoms with Crippen LogP contribution in [0.1, 0.15) is 30.0 Å². The molecule has 1 fully saturated rings. The van der Waals surface area contributed by atoms with Gasteiger partial charge < -0.3 is 0 Å². The largest absolute Gasteiger partial charge is 0.274 e. The van der Waals surface area contributed by atoms with Crippen molar-refractivity contribution in [2.24, 2.45) is 0 Å². The number of nitrogens with zero attached hydrogens (tertiary/aromatic N) is 1. The molecule has 1 atom stereocenters. The SMILES string of the molecule is Cc1cc(C)c(N2C(=O)CC(C)(S(C)(=O)=O)C2=O)c(C)c1. The van der Waals surface area contributed by atoms with E-state index in [1.165, 1.54) is 6.92 Å². The third kappa shape index (κ3) is 2.27. The molecule has 1 heterocycles. The molecule has 21 heavy (non-hydrogen) atoms. The third-order valence-electron chi connectivity index (χ3n) is 4.07. The lowest BCUT2D eigenvalue weighted by Gasteiger charge is -2.23. The number of rotatable bonds is 2. The van der Waals surface area contributed by atoms with Crippen LogP contribution in [-0.2, 0) is 19.4 Å². The lowest BCUT2D eigenvalue weighted by molar-refractivity contribution is -0.121. The fourth-order valence-corrected chi connectivity index (χ4v) is 3.63. The van der Waals surface area contributed by atoms with Gasteiger partial charge in [-0.15, -0.1) is 0 Å². The summed E-state index contributed by atoms with van der Waals surface area (Å²) in [6, 6.07) is 3.75. The molecule has 1 saturated heterocycles. The van der Waals surface area contributed by atoms with Gasteiger partial charge in [0.15, 0.2) is 14.6 Å². The Bertz CT molecular complexity index is 728. The molecule has 1 aromatic rings. The summed E-state index contributed by atoms with van der Waals surface area (Å²) in [6.07, 6.45) is 0.688. The van der Waals surface area contributed by atoms with Gasteiger partial charge >= 0.3 is 0 Å². The van der Waals surface area contributed by atoms with Crippen molar-refractivity contribution in [3.8, 4) is 0 Å². The number of sulfone groups is 1. The highest BCUT2D eigenvalue weighted by atomic mass is 32.2. The zero-order valence-corrected chi connectivity index (χ0v) is 13.7. The molecule has 0 aliphatic carbocycles. The van der Waals surface area contributed by atoms with Gasteiger partial charge in [-0.05, 0) is 38.8 Å². The Balaban J connectivity index is 2.63. The summed E-state index contributed by atoms with van der Waals surface area (Å²) in [7, 11) is -3.67. The average molecular weight is 309 g/mol. The van der Waals surface area contributed by atoms with Crippen LogP contribution in [0.2, 0.25) is 0 Å². The lowest BCUT2D eigenvalue weighted by Crippen LogP contribution is -2.44. The van der Waals surface area contributed by atoms with E-state index in [2.05, 4.69) is 0 Å². The number of imide groups is 1. The van der Waals surface area contributed by atoms with Gasteiger partial charge in [-0.2, -0.15) is 0 Å². The monoisotopic (exact) mass is 309 g/mol. The molecule has 114 valence electrons. The maximum atomic E-state index is 12.6. The molecule has 6 heteroatoms. The molecule has 0 bridgehead atoms. The number of anilines is 1. The molecule has 5 nitrogen and oxygen atoms in total. The van der Waals surface area contributed by atoms with Gasteiger partial charge in [0.2, 0.25) is 5.91 Å². The zero-order valence-electron chi connectivity index (χ0n) is 12.9. The molecule has 0 radical (unpaired) electrons. The summed E-state index contributed by atoms with van der Waals surface area (Å²) in [5, 5.41) is 0. The van der Waals surface area contributed by atoms with Crippen LogP contribution < -0.4 is 4.90 Å². The Labute approximate surface area is 124 Å². The van der Waals surface area contributed by atoms with E-state index in [1.54, 1.807) is 0 Å². The summed E-state index contributed by atoms with van der Waals surface area (Å²) in [4.78, 5) is 25.9. The van der Waals surface area contributed by atoms with Gasteiger partial charge in [0, 0.05) is 6.26 Å². The molecule has 1 aromatic carbocycles. The van der Waals surface area contributed by atoms with Crippen molar-refractivity contribution in [2.45, 2.75) is 38.9 Å². The summed E-state index contributed by atoms with van der Waals surface area (Å²) >= 11 is 0. The minimum absolute atomic E-state index is 0.308. The summed E-state index contributed by atoms with van der Waals surface area (Å²) in [5.41, 5.74) is 3.10. The molecule has 0 N–H and O–H groups in total. The van der Waals surface area contributed by atoms with Crippen LogP contribution in [0, 0.1) is 20.8 Å². The molecule has 1 aliphatic rings. The van der Waals surface area contributed by atoms with Crippen molar-refractivity contribution >= 4 is 27.3 Å². The second kappa shape index (κ2) is 4.66. The van der Waals surface area contributed by atoms with E-state index in [4.69, 9.17) is 0 Å². The summed E-state index contributed by atoms with van der Waals surface area (Å²) in [6.45, 7) is 6.87.